The predicted octanol–water partition coefficient (Wildman–Crippen LogP) is 3.85. The van der Waals surface area contributed by atoms with Gasteiger partial charge in [-0.25, -0.2) is 48.1 Å². The van der Waals surface area contributed by atoms with Crippen LogP contribution in [0.1, 0.15) is 52.7 Å². The lowest BCUT2D eigenvalue weighted by Gasteiger charge is -2.19. The minimum atomic E-state index is -0.704. The molecule has 2 aromatic carbocycles. The van der Waals surface area contributed by atoms with Crippen molar-refractivity contribution in [2.24, 2.45) is 5.73 Å². The van der Waals surface area contributed by atoms with Crippen molar-refractivity contribution >= 4 is 57.9 Å². The van der Waals surface area contributed by atoms with Gasteiger partial charge in [-0.2, -0.15) is 4.98 Å². The standard InChI is InChI=1S/C23H24FN7O3.C10H18N4O2.C7H14BrNO2.C5H10N4.C3H5N3/c1-34-19-8-4-17(5-9-19)14-30-21(27-11-13-29-12-10-26-20(29)25)28-22(32)31(23(30)33)15-16-2-6-18(24)7-3-16;1-10(2,3)16-9(15)13-5-7-14-6-4-12-8(14)11;1-7(2,3)11-6(10)9-5-4-8;6-1-3-9-4-2-8-5(9)7;4-3-5-1-2-6-3/h2-10,12H,11,13-15H2,1H3,(H2,25,26)(H,27,28,32);4,6H,5,7H2,1-3H3,(H2,11,12)(H,13,15);4-5H2,1-3H3,(H,9,10);2,4H,1,3,6H2,(H2,7,8);1-2H,(H3,4,5,6). The van der Waals surface area contributed by atoms with Gasteiger partial charge in [0.1, 0.15) is 22.8 Å². The summed E-state index contributed by atoms with van der Waals surface area (Å²) >= 11 is 3.19. The molecule has 2 amide bonds. The van der Waals surface area contributed by atoms with Crippen molar-refractivity contribution in [2.75, 3.05) is 66.9 Å². The maximum atomic E-state index is 13.4. The number of rotatable bonds is 16. The number of methoxy groups -OCH3 is 1. The van der Waals surface area contributed by atoms with Gasteiger partial charge in [-0.3, -0.25) is 4.57 Å². The number of ether oxygens (including phenoxy) is 3. The van der Waals surface area contributed by atoms with Crippen LogP contribution in [0.5, 0.6) is 5.75 Å². The minimum Gasteiger partial charge on any atom is -0.497 e. The first kappa shape index (κ1) is 61.9. The van der Waals surface area contributed by atoms with Crippen LogP contribution >= 0.6 is 15.9 Å². The Kier molecular flexibility index (Phi) is 25.5. The Morgan fingerprint density at radius 3 is 1.55 bits per heavy atom. The Labute approximate surface area is 447 Å². The van der Waals surface area contributed by atoms with Gasteiger partial charge in [-0.1, -0.05) is 40.2 Å². The molecule has 0 saturated carbocycles. The molecule has 0 aliphatic heterocycles. The molecule has 76 heavy (non-hydrogen) atoms. The third-order valence-corrected chi connectivity index (χ3v) is 9.85. The van der Waals surface area contributed by atoms with Gasteiger partial charge in [-0.05, 0) is 76.9 Å². The van der Waals surface area contributed by atoms with Crippen molar-refractivity contribution in [3.8, 4) is 5.75 Å². The first-order valence-corrected chi connectivity index (χ1v) is 24.7. The first-order valence-electron chi connectivity index (χ1n) is 23.6. The van der Waals surface area contributed by atoms with Gasteiger partial charge in [0.25, 0.3) is 0 Å². The summed E-state index contributed by atoms with van der Waals surface area (Å²) in [4.78, 5) is 70.3. The molecule has 7 rings (SSSR count). The molecule has 0 atom stereocenters. The third kappa shape index (κ3) is 23.6. The highest BCUT2D eigenvalue weighted by Crippen LogP contribution is 2.14. The van der Waals surface area contributed by atoms with Crippen LogP contribution < -0.4 is 60.7 Å². The molecule has 0 unspecified atom stereocenters. The van der Waals surface area contributed by atoms with Crippen molar-refractivity contribution in [2.45, 2.75) is 85.5 Å². The number of halogens is 2. The van der Waals surface area contributed by atoms with Crippen molar-refractivity contribution in [3.05, 3.63) is 136 Å². The lowest BCUT2D eigenvalue weighted by atomic mass is 10.2. The number of carbonyl (C=O) groups is 2. The molecule has 14 N–H and O–H groups in total. The van der Waals surface area contributed by atoms with Crippen molar-refractivity contribution < 1.29 is 28.2 Å². The predicted molar refractivity (Wildman–Crippen MR) is 293 cm³/mol. The molecule has 0 fully saturated rings. The number of benzene rings is 2. The summed E-state index contributed by atoms with van der Waals surface area (Å²) in [5.74, 6) is 2.22. The first-order chi connectivity index (χ1) is 36.0. The van der Waals surface area contributed by atoms with Crippen molar-refractivity contribution in [3.63, 3.8) is 0 Å². The van der Waals surface area contributed by atoms with E-state index in [1.807, 2.05) is 59.9 Å². The van der Waals surface area contributed by atoms with Gasteiger partial charge in [0, 0.05) is 101 Å². The van der Waals surface area contributed by atoms with E-state index in [0.29, 0.717) is 74.4 Å². The molecular weight excluding hydrogens is 1050 g/mol. The number of alkyl carbamates (subject to hydrolysis) is 2. The Bertz CT molecular complexity index is 2890. The number of imidazole rings is 4. The van der Waals surface area contributed by atoms with Gasteiger partial charge < -0.3 is 77.5 Å². The highest BCUT2D eigenvalue weighted by molar-refractivity contribution is 9.09. The second-order valence-corrected chi connectivity index (χ2v) is 18.6. The van der Waals surface area contributed by atoms with Crippen LogP contribution in [0.4, 0.5) is 43.7 Å². The van der Waals surface area contributed by atoms with Crippen molar-refractivity contribution in [1.82, 2.24) is 63.4 Å². The van der Waals surface area contributed by atoms with Gasteiger partial charge in [0.2, 0.25) is 5.95 Å². The SMILES string of the molecule is CC(C)(C)OC(=O)NCCBr.CC(C)(C)OC(=O)NCCn1ccnc1N.COc1ccc(Cn2c(NCCn3ccnc3N)nc(=O)n(Cc3ccc(F)cc3)c2=O)cc1.NCCn1ccnc1N.Nc1ncc[nH]1. The smallest absolute Gasteiger partial charge is 0.407 e. The van der Waals surface area contributed by atoms with Crippen LogP contribution in [0.2, 0.25) is 0 Å². The molecule has 0 aliphatic carbocycles. The molecule has 0 bridgehead atoms. The summed E-state index contributed by atoms with van der Waals surface area (Å²) in [6.45, 7) is 14.9. The molecular formula is C48H71BrFN19O7. The number of aromatic nitrogens is 11. The Morgan fingerprint density at radius 1 is 0.671 bits per heavy atom. The number of nitrogens with two attached hydrogens (primary N) is 5. The fourth-order valence-electron chi connectivity index (χ4n) is 5.98. The number of hydrogen-bond donors (Lipinski definition) is 9. The normalized spacial score (nSPS) is 10.7. The second kappa shape index (κ2) is 31.4. The average molecular weight is 1130 g/mol. The summed E-state index contributed by atoms with van der Waals surface area (Å²) in [6.07, 6.45) is 12.6. The molecule has 7 aromatic rings. The molecule has 5 aromatic heterocycles. The van der Waals surface area contributed by atoms with E-state index in [2.05, 4.69) is 61.8 Å². The van der Waals surface area contributed by atoms with E-state index in [0.717, 1.165) is 22.0 Å². The lowest BCUT2D eigenvalue weighted by Crippen LogP contribution is -2.43. The zero-order valence-corrected chi connectivity index (χ0v) is 45.4. The second-order valence-electron chi connectivity index (χ2n) is 17.8. The fraction of sp³-hybridized carbons (Fsp3) is 0.396. The van der Waals surface area contributed by atoms with Gasteiger partial charge in [-0.15, -0.1) is 0 Å². The molecule has 0 radical (unpaired) electrons. The quantitative estimate of drug-likeness (QED) is 0.0620. The third-order valence-electron chi connectivity index (χ3n) is 9.46. The van der Waals surface area contributed by atoms with Crippen LogP contribution in [0.25, 0.3) is 0 Å². The number of nitrogens with one attached hydrogen (secondary N) is 4. The molecule has 5 heterocycles. The number of alkyl halides is 1. The van der Waals surface area contributed by atoms with Crippen LogP contribution in [-0.4, -0.2) is 115 Å². The maximum Gasteiger partial charge on any atom is 0.407 e. The monoisotopic (exact) mass is 1120 g/mol. The summed E-state index contributed by atoms with van der Waals surface area (Å²) in [5, 5.41) is 9.02. The topological polar surface area (TPSA) is 367 Å². The van der Waals surface area contributed by atoms with Crippen LogP contribution in [0.3, 0.4) is 0 Å². The molecule has 0 aliphatic rings. The number of H-pyrrole nitrogens is 1. The fourth-order valence-corrected chi connectivity index (χ4v) is 6.18. The Balaban J connectivity index is 0.000000297. The highest BCUT2D eigenvalue weighted by Gasteiger charge is 2.17. The molecule has 26 nitrogen and oxygen atoms in total. The van der Waals surface area contributed by atoms with E-state index in [1.54, 1.807) is 76.3 Å². The van der Waals surface area contributed by atoms with Crippen LogP contribution in [0.15, 0.2) is 108 Å². The number of nitrogens with zero attached hydrogens (tertiary/aromatic N) is 10. The molecule has 0 spiro atoms. The number of amides is 2. The number of hydrogen-bond acceptors (Lipinski definition) is 18. The van der Waals surface area contributed by atoms with E-state index in [4.69, 9.17) is 42.9 Å². The van der Waals surface area contributed by atoms with Crippen LogP contribution in [0, 0.1) is 5.82 Å². The van der Waals surface area contributed by atoms with Crippen LogP contribution in [-0.2, 0) is 42.2 Å². The zero-order valence-electron chi connectivity index (χ0n) is 43.8. The molecule has 0 saturated heterocycles. The van der Waals surface area contributed by atoms with E-state index >= 15 is 0 Å². The summed E-state index contributed by atoms with van der Waals surface area (Å²) in [5.41, 5.74) is 26.5. The van der Waals surface area contributed by atoms with Gasteiger partial charge in [0.05, 0.1) is 20.2 Å². The van der Waals surface area contributed by atoms with Crippen molar-refractivity contribution in [1.29, 1.82) is 0 Å². The molecule has 28 heteroatoms. The number of carbonyl (C=O) groups excluding carboxylic acids is 2. The van der Waals surface area contributed by atoms with E-state index in [9.17, 15) is 23.6 Å². The minimum absolute atomic E-state index is 0.0284. The number of anilines is 5. The van der Waals surface area contributed by atoms with E-state index < -0.39 is 34.5 Å². The summed E-state index contributed by atoms with van der Waals surface area (Å²) < 4.78 is 36.2. The van der Waals surface area contributed by atoms with Gasteiger partial charge >= 0.3 is 23.6 Å². The largest absolute Gasteiger partial charge is 0.497 e. The number of nitrogen functional groups attached to an aromatic ring is 4. The Hall–Kier alpha value is -8.40. The van der Waals surface area contributed by atoms with E-state index in [-0.39, 0.29) is 25.1 Å². The molecule has 414 valence electrons. The maximum absolute atomic E-state index is 13.4. The van der Waals surface area contributed by atoms with E-state index in [1.165, 1.54) is 28.8 Å². The zero-order chi connectivity index (χ0) is 56.3. The summed E-state index contributed by atoms with van der Waals surface area (Å²) in [6, 6.07) is 12.8. The lowest BCUT2D eigenvalue weighted by molar-refractivity contribution is 0.0517. The highest BCUT2D eigenvalue weighted by atomic mass is 79.9. The number of aromatic amines is 1. The van der Waals surface area contributed by atoms with Gasteiger partial charge in [0.15, 0.2) is 23.8 Å². The summed E-state index contributed by atoms with van der Waals surface area (Å²) in [7, 11) is 1.57. The Morgan fingerprint density at radius 2 is 1.14 bits per heavy atom. The average Bonchev–Trinajstić information content (AvgIpc) is 4.20.